The van der Waals surface area contributed by atoms with Gasteiger partial charge < -0.3 is 24.9 Å². The Balaban J connectivity index is 1.05. The Bertz CT molecular complexity index is 1900. The molecule has 2 aliphatic carbocycles. The fourth-order valence-electron chi connectivity index (χ4n) is 8.04. The summed E-state index contributed by atoms with van der Waals surface area (Å²) >= 11 is 2.86. The summed E-state index contributed by atoms with van der Waals surface area (Å²) < 4.78 is 11.0. The average molecular weight is 656 g/mol. The Morgan fingerprint density at radius 2 is 1.61 bits per heavy atom. The smallest absolute Gasteiger partial charge is 0.305 e. The van der Waals surface area contributed by atoms with E-state index >= 15 is 0 Å². The number of nitrogens with one attached hydrogen (secondary N) is 2. The van der Waals surface area contributed by atoms with Crippen LogP contribution in [0.1, 0.15) is 22.8 Å². The van der Waals surface area contributed by atoms with Crippen LogP contribution < -0.4 is 24.6 Å². The van der Waals surface area contributed by atoms with Crippen LogP contribution in [0.4, 0.5) is 11.4 Å². The highest BCUT2D eigenvalue weighted by molar-refractivity contribution is 8.00. The molecule has 3 N–H and O–H groups in total. The van der Waals surface area contributed by atoms with Crippen LogP contribution in [0, 0.1) is 29.6 Å². The number of aromatic nitrogens is 1. The summed E-state index contributed by atoms with van der Waals surface area (Å²) in [4.78, 5) is 58.0. The van der Waals surface area contributed by atoms with E-state index in [0.29, 0.717) is 22.9 Å². The molecule has 2 aliphatic heterocycles. The highest BCUT2D eigenvalue weighted by Crippen LogP contribution is 2.68. The predicted molar refractivity (Wildman–Crippen MR) is 173 cm³/mol. The number of aromatic amines is 1. The second kappa shape index (κ2) is 11.1. The average Bonchev–Trinajstić information content (AvgIpc) is 3.80. The van der Waals surface area contributed by atoms with Crippen LogP contribution in [0.3, 0.4) is 0 Å². The van der Waals surface area contributed by atoms with E-state index < -0.39 is 5.92 Å². The van der Waals surface area contributed by atoms with Crippen LogP contribution in [0.25, 0.3) is 0 Å². The fraction of sp³-hybridized carbons (Fsp3) is 0.294. The standard InChI is InChI=1S/C34H29N3O7S2/c1-43-20-12-6-18(7-13-20)37-32(40)27-22-14-23(28(27)33(37)41)29-26(22)25(30-31(45-29)36-34(42)46-30)16-2-10-21(11-3-16)44-15-24(39)35-17-4-8-19(38)9-5-17/h2-13,22-23,25-29,38H,14-15H2,1H3,(H,35,39)(H,36,42)/t22-,23-,25+,26-,27+,28+,29-/m1/s1. The second-order valence-electron chi connectivity index (χ2n) is 12.1. The molecular weight excluding hydrogens is 627 g/mol. The summed E-state index contributed by atoms with van der Waals surface area (Å²) in [5, 5.41) is 13.1. The Labute approximate surface area is 271 Å². The predicted octanol–water partition coefficient (Wildman–Crippen LogP) is 4.85. The molecule has 1 aromatic heterocycles. The molecule has 2 saturated carbocycles. The van der Waals surface area contributed by atoms with Crippen LogP contribution in [-0.2, 0) is 14.4 Å². The number of rotatable bonds is 7. The number of anilines is 2. The lowest BCUT2D eigenvalue weighted by atomic mass is 9.68. The monoisotopic (exact) mass is 655 g/mol. The number of imide groups is 1. The van der Waals surface area contributed by atoms with Crippen LogP contribution in [-0.4, -0.2) is 46.8 Å². The molecule has 0 spiro atoms. The first-order valence-electron chi connectivity index (χ1n) is 15.0. The third kappa shape index (κ3) is 4.61. The van der Waals surface area contributed by atoms with Crippen molar-refractivity contribution in [3.05, 3.63) is 92.9 Å². The third-order valence-electron chi connectivity index (χ3n) is 9.81. The number of ether oxygens (including phenoxy) is 2. The molecular formula is C34H29N3O7S2. The van der Waals surface area contributed by atoms with Crippen molar-refractivity contribution < 1.29 is 29.0 Å². The summed E-state index contributed by atoms with van der Waals surface area (Å²) in [6, 6.07) is 20.8. The zero-order chi connectivity index (χ0) is 31.7. The van der Waals surface area contributed by atoms with Gasteiger partial charge in [0.2, 0.25) is 11.8 Å². The van der Waals surface area contributed by atoms with E-state index in [1.165, 1.54) is 28.4 Å². The van der Waals surface area contributed by atoms with E-state index in [1.807, 2.05) is 24.3 Å². The lowest BCUT2D eigenvalue weighted by Crippen LogP contribution is -2.42. The van der Waals surface area contributed by atoms with Crippen LogP contribution in [0.5, 0.6) is 17.2 Å². The maximum atomic E-state index is 14.0. The lowest BCUT2D eigenvalue weighted by Gasteiger charge is -2.43. The molecule has 4 aromatic rings. The summed E-state index contributed by atoms with van der Waals surface area (Å²) in [6.45, 7) is -0.192. The molecule has 7 atom stereocenters. The molecule has 0 unspecified atom stereocenters. The topological polar surface area (TPSA) is 138 Å². The van der Waals surface area contributed by atoms with E-state index in [-0.39, 0.29) is 69.8 Å². The van der Waals surface area contributed by atoms with Gasteiger partial charge in [0.1, 0.15) is 17.2 Å². The second-order valence-corrected chi connectivity index (χ2v) is 14.3. The molecule has 10 nitrogen and oxygen atoms in total. The van der Waals surface area contributed by atoms with Gasteiger partial charge in [0.25, 0.3) is 5.91 Å². The van der Waals surface area contributed by atoms with E-state index in [4.69, 9.17) is 9.47 Å². The number of fused-ring (bicyclic) bond motifs is 9. The SMILES string of the molecule is COc1ccc(N2C(=O)[C@H]3[C@H]4C[C@@H]([C@@H]3C2=O)[C@@H]2[C@H](c3ccc(OCC(=O)Nc5ccc(O)cc5)cc3)c3sc(=O)[nH]c3S[C@H]42)cc1. The minimum atomic E-state index is -0.393. The van der Waals surface area contributed by atoms with Crippen LogP contribution in [0.2, 0.25) is 0 Å². The van der Waals surface area contributed by atoms with Crippen molar-refractivity contribution in [2.45, 2.75) is 22.6 Å². The highest BCUT2D eigenvalue weighted by Gasteiger charge is 2.69. The molecule has 234 valence electrons. The van der Waals surface area contributed by atoms with Crippen molar-refractivity contribution in [2.75, 3.05) is 23.9 Å². The molecule has 3 fully saturated rings. The van der Waals surface area contributed by atoms with Gasteiger partial charge in [0, 0.05) is 21.7 Å². The van der Waals surface area contributed by atoms with Crippen LogP contribution in [0.15, 0.2) is 82.6 Å². The van der Waals surface area contributed by atoms with E-state index in [1.54, 1.807) is 55.3 Å². The minimum Gasteiger partial charge on any atom is -0.508 e. The molecule has 8 rings (SSSR count). The normalized spacial score (nSPS) is 27.2. The number of phenolic OH excluding ortho intramolecular Hbond substituents is 1. The Hall–Kier alpha value is -4.55. The maximum absolute atomic E-state index is 14.0. The number of aromatic hydroxyl groups is 1. The minimum absolute atomic E-state index is 0.00192. The zero-order valence-corrected chi connectivity index (χ0v) is 26.2. The van der Waals surface area contributed by atoms with Gasteiger partial charge in [-0.15, -0.1) is 11.8 Å². The number of benzene rings is 3. The molecule has 12 heteroatoms. The van der Waals surface area contributed by atoms with Crippen molar-refractivity contribution in [3.63, 3.8) is 0 Å². The van der Waals surface area contributed by atoms with Gasteiger partial charge in [-0.1, -0.05) is 23.5 Å². The van der Waals surface area contributed by atoms with Gasteiger partial charge in [-0.05, 0) is 90.4 Å². The van der Waals surface area contributed by atoms with E-state index in [0.717, 1.165) is 21.9 Å². The Morgan fingerprint density at radius 1 is 0.935 bits per heavy atom. The van der Waals surface area contributed by atoms with Gasteiger partial charge in [-0.3, -0.25) is 24.1 Å². The Kier molecular flexibility index (Phi) is 6.95. The largest absolute Gasteiger partial charge is 0.508 e. The van der Waals surface area contributed by atoms with Crippen molar-refractivity contribution in [3.8, 4) is 17.2 Å². The summed E-state index contributed by atoms with van der Waals surface area (Å²) in [5.74, 6) is -0.103. The number of hydrogen-bond donors (Lipinski definition) is 3. The summed E-state index contributed by atoms with van der Waals surface area (Å²) in [5.41, 5.74) is 2.11. The molecule has 3 heterocycles. The maximum Gasteiger partial charge on any atom is 0.305 e. The Morgan fingerprint density at radius 3 is 2.30 bits per heavy atom. The van der Waals surface area contributed by atoms with Gasteiger partial charge in [0.05, 0.1) is 29.7 Å². The first-order chi connectivity index (χ1) is 22.3. The third-order valence-corrected chi connectivity index (χ3v) is 12.4. The highest BCUT2D eigenvalue weighted by atomic mass is 32.2. The number of carbonyl (C=O) groups excluding carboxylic acids is 3. The molecule has 0 radical (unpaired) electrons. The zero-order valence-electron chi connectivity index (χ0n) is 24.5. The van der Waals surface area contributed by atoms with Crippen molar-refractivity contribution in [2.24, 2.45) is 29.6 Å². The lowest BCUT2D eigenvalue weighted by molar-refractivity contribution is -0.123. The molecule has 3 aromatic carbocycles. The number of H-pyrrole nitrogens is 1. The van der Waals surface area contributed by atoms with E-state index in [9.17, 15) is 24.3 Å². The summed E-state index contributed by atoms with van der Waals surface area (Å²) in [7, 11) is 1.57. The molecule has 1 saturated heterocycles. The number of thioether (sulfide) groups is 1. The molecule has 46 heavy (non-hydrogen) atoms. The quantitative estimate of drug-likeness (QED) is 0.190. The molecule has 4 aliphatic rings. The van der Waals surface area contributed by atoms with Gasteiger partial charge in [0.15, 0.2) is 6.61 Å². The van der Waals surface area contributed by atoms with Gasteiger partial charge >= 0.3 is 4.87 Å². The fourth-order valence-corrected chi connectivity index (χ4v) is 10.9. The van der Waals surface area contributed by atoms with Gasteiger partial charge in [-0.25, -0.2) is 0 Å². The number of phenols is 1. The first kappa shape index (κ1) is 28.9. The summed E-state index contributed by atoms with van der Waals surface area (Å²) in [6.07, 6.45) is 0.804. The number of thiazole rings is 1. The van der Waals surface area contributed by atoms with Crippen molar-refractivity contribution in [1.82, 2.24) is 4.98 Å². The number of methoxy groups -OCH3 is 1. The number of carbonyl (C=O) groups is 3. The number of nitrogens with zero attached hydrogens (tertiary/aromatic N) is 1. The van der Waals surface area contributed by atoms with Crippen LogP contribution >= 0.6 is 23.1 Å². The molecule has 3 amide bonds. The van der Waals surface area contributed by atoms with Gasteiger partial charge in [-0.2, -0.15) is 0 Å². The first-order valence-corrected chi connectivity index (χ1v) is 16.7. The number of hydrogen-bond acceptors (Lipinski definition) is 9. The van der Waals surface area contributed by atoms with Crippen molar-refractivity contribution in [1.29, 1.82) is 0 Å². The number of amides is 3. The van der Waals surface area contributed by atoms with E-state index in [2.05, 4.69) is 10.3 Å². The van der Waals surface area contributed by atoms with Crippen molar-refractivity contribution >= 4 is 52.2 Å². The molecule has 2 bridgehead atoms.